The molecule has 3 rings (SSSR count). The van der Waals surface area contributed by atoms with E-state index in [4.69, 9.17) is 8.94 Å². The van der Waals surface area contributed by atoms with Crippen molar-refractivity contribution in [2.45, 2.75) is 32.2 Å². The lowest BCUT2D eigenvalue weighted by atomic mass is 10.0. The molecule has 1 aliphatic rings. The van der Waals surface area contributed by atoms with Crippen LogP contribution in [0.2, 0.25) is 0 Å². The minimum atomic E-state index is -0.237. The minimum absolute atomic E-state index is 0.0653. The van der Waals surface area contributed by atoms with Crippen LogP contribution in [-0.2, 0) is 0 Å². The van der Waals surface area contributed by atoms with Gasteiger partial charge in [0.1, 0.15) is 0 Å². The van der Waals surface area contributed by atoms with Gasteiger partial charge in [-0.1, -0.05) is 5.16 Å². The number of furan rings is 1. The first-order chi connectivity index (χ1) is 9.92. The van der Waals surface area contributed by atoms with Crippen molar-refractivity contribution in [3.8, 4) is 11.6 Å². The fourth-order valence-corrected chi connectivity index (χ4v) is 2.11. The largest absolute Gasteiger partial charge is 0.461 e. The molecule has 112 valence electrons. The first kappa shape index (κ1) is 13.7. The zero-order valence-electron chi connectivity index (χ0n) is 12.3. The second kappa shape index (κ2) is 4.91. The van der Waals surface area contributed by atoms with Gasteiger partial charge in [-0.05, 0) is 32.9 Å². The van der Waals surface area contributed by atoms with Crippen molar-refractivity contribution in [1.82, 2.24) is 20.4 Å². The fraction of sp³-hybridized carbons (Fsp3) is 0.500. The lowest BCUT2D eigenvalue weighted by molar-refractivity contribution is 0.131. The third-order valence-electron chi connectivity index (χ3n) is 3.18. The Morgan fingerprint density at radius 2 is 2.19 bits per heavy atom. The van der Waals surface area contributed by atoms with Crippen molar-refractivity contribution in [3.05, 3.63) is 24.3 Å². The van der Waals surface area contributed by atoms with Crippen LogP contribution in [0.15, 0.2) is 27.3 Å². The van der Waals surface area contributed by atoms with E-state index in [1.165, 1.54) is 0 Å². The molecule has 0 radical (unpaired) electrons. The summed E-state index contributed by atoms with van der Waals surface area (Å²) in [7, 11) is 0. The Bertz CT molecular complexity index is 621. The molecule has 1 fully saturated rings. The number of nitrogens with zero attached hydrogens (tertiary/aromatic N) is 3. The van der Waals surface area contributed by atoms with Crippen LogP contribution < -0.4 is 5.32 Å². The average molecular weight is 290 g/mol. The number of amides is 2. The molecule has 0 aromatic carbocycles. The lowest BCUT2D eigenvalue weighted by Crippen LogP contribution is -2.56. The Hall–Kier alpha value is -2.31. The second-order valence-corrected chi connectivity index (χ2v) is 6.22. The number of hydrogen-bond donors (Lipinski definition) is 1. The van der Waals surface area contributed by atoms with E-state index in [0.29, 0.717) is 30.6 Å². The van der Waals surface area contributed by atoms with Gasteiger partial charge >= 0.3 is 6.03 Å². The lowest BCUT2D eigenvalue weighted by Gasteiger charge is -2.38. The highest BCUT2D eigenvalue weighted by Crippen LogP contribution is 2.27. The van der Waals surface area contributed by atoms with Crippen LogP contribution in [0.25, 0.3) is 11.6 Å². The summed E-state index contributed by atoms with van der Waals surface area (Å²) < 4.78 is 10.5. The van der Waals surface area contributed by atoms with Gasteiger partial charge in [-0.25, -0.2) is 4.79 Å². The van der Waals surface area contributed by atoms with Crippen LogP contribution in [0.3, 0.4) is 0 Å². The highest BCUT2D eigenvalue weighted by Gasteiger charge is 2.36. The first-order valence-corrected chi connectivity index (χ1v) is 6.87. The maximum atomic E-state index is 11.9. The van der Waals surface area contributed by atoms with Gasteiger partial charge in [-0.2, -0.15) is 4.98 Å². The van der Waals surface area contributed by atoms with Gasteiger partial charge in [-0.3, -0.25) is 0 Å². The van der Waals surface area contributed by atoms with Gasteiger partial charge in [0, 0.05) is 18.6 Å². The molecule has 1 aliphatic heterocycles. The highest BCUT2D eigenvalue weighted by atomic mass is 16.5. The molecule has 2 aromatic heterocycles. The Morgan fingerprint density at radius 3 is 2.81 bits per heavy atom. The van der Waals surface area contributed by atoms with Crippen molar-refractivity contribution in [2.75, 3.05) is 13.1 Å². The van der Waals surface area contributed by atoms with Gasteiger partial charge in [-0.15, -0.1) is 0 Å². The maximum Gasteiger partial charge on any atom is 0.317 e. The van der Waals surface area contributed by atoms with Crippen molar-refractivity contribution in [1.29, 1.82) is 0 Å². The topological polar surface area (TPSA) is 84.4 Å². The third-order valence-corrected chi connectivity index (χ3v) is 3.18. The molecule has 0 saturated carbocycles. The Balaban J connectivity index is 1.58. The fourth-order valence-electron chi connectivity index (χ4n) is 2.11. The van der Waals surface area contributed by atoms with Gasteiger partial charge < -0.3 is 19.2 Å². The number of aromatic nitrogens is 2. The highest BCUT2D eigenvalue weighted by molar-refractivity contribution is 5.76. The molecule has 0 spiro atoms. The first-order valence-electron chi connectivity index (χ1n) is 6.87. The summed E-state index contributed by atoms with van der Waals surface area (Å²) in [4.78, 5) is 18.0. The normalized spacial score (nSPS) is 15.9. The second-order valence-electron chi connectivity index (χ2n) is 6.22. The van der Waals surface area contributed by atoms with E-state index < -0.39 is 0 Å². The van der Waals surface area contributed by atoms with Crippen LogP contribution in [0, 0.1) is 0 Å². The molecule has 21 heavy (non-hydrogen) atoms. The van der Waals surface area contributed by atoms with Crippen LogP contribution in [0.5, 0.6) is 0 Å². The smallest absolute Gasteiger partial charge is 0.317 e. The SMILES string of the molecule is CC(C)(C)NC(=O)N1CC(c2nc(-c3ccco3)no2)C1. The summed E-state index contributed by atoms with van der Waals surface area (Å²) >= 11 is 0. The van der Waals surface area contributed by atoms with Gasteiger partial charge in [0.25, 0.3) is 0 Å². The van der Waals surface area contributed by atoms with E-state index >= 15 is 0 Å². The molecule has 0 atom stereocenters. The molecule has 1 saturated heterocycles. The van der Waals surface area contributed by atoms with E-state index in [0.717, 1.165) is 0 Å². The number of rotatable bonds is 2. The molecule has 0 aliphatic carbocycles. The average Bonchev–Trinajstić information content (AvgIpc) is 2.93. The maximum absolute atomic E-state index is 11.9. The molecule has 1 N–H and O–H groups in total. The van der Waals surface area contributed by atoms with E-state index in [2.05, 4.69) is 15.5 Å². The summed E-state index contributed by atoms with van der Waals surface area (Å²) in [5.41, 5.74) is -0.237. The molecule has 2 amide bonds. The van der Waals surface area contributed by atoms with E-state index in [9.17, 15) is 4.79 Å². The number of hydrogen-bond acceptors (Lipinski definition) is 5. The summed E-state index contributed by atoms with van der Waals surface area (Å²) in [6.45, 7) is 7.03. The van der Waals surface area contributed by atoms with Crippen molar-refractivity contribution in [3.63, 3.8) is 0 Å². The zero-order valence-corrected chi connectivity index (χ0v) is 12.3. The number of likely N-dealkylation sites (tertiary alicyclic amines) is 1. The monoisotopic (exact) mass is 290 g/mol. The number of carbonyl (C=O) groups is 1. The predicted octanol–water partition coefficient (Wildman–Crippen LogP) is 2.24. The Morgan fingerprint density at radius 1 is 1.43 bits per heavy atom. The van der Waals surface area contributed by atoms with Crippen LogP contribution >= 0.6 is 0 Å². The molecule has 3 heterocycles. The van der Waals surface area contributed by atoms with E-state index in [-0.39, 0.29) is 17.5 Å². The van der Waals surface area contributed by atoms with Crippen LogP contribution in [0.4, 0.5) is 4.79 Å². The molecular weight excluding hydrogens is 272 g/mol. The van der Waals surface area contributed by atoms with Crippen molar-refractivity contribution in [2.24, 2.45) is 0 Å². The van der Waals surface area contributed by atoms with E-state index in [1.54, 1.807) is 23.3 Å². The summed E-state index contributed by atoms with van der Waals surface area (Å²) in [6.07, 6.45) is 1.56. The molecule has 7 nitrogen and oxygen atoms in total. The Kier molecular flexibility index (Phi) is 3.19. The summed E-state index contributed by atoms with van der Waals surface area (Å²) in [5.74, 6) is 1.65. The zero-order chi connectivity index (χ0) is 15.0. The van der Waals surface area contributed by atoms with Crippen LogP contribution in [0.1, 0.15) is 32.6 Å². The Labute approximate surface area is 122 Å². The number of nitrogens with one attached hydrogen (secondary N) is 1. The summed E-state index contributed by atoms with van der Waals surface area (Å²) in [6, 6.07) is 3.48. The number of carbonyl (C=O) groups excluding carboxylic acids is 1. The van der Waals surface area contributed by atoms with E-state index in [1.807, 2.05) is 20.8 Å². The quantitative estimate of drug-likeness (QED) is 0.916. The van der Waals surface area contributed by atoms with Crippen LogP contribution in [-0.4, -0.2) is 39.7 Å². The molecule has 0 unspecified atom stereocenters. The van der Waals surface area contributed by atoms with Gasteiger partial charge in [0.05, 0.1) is 12.2 Å². The standard InChI is InChI=1S/C14H18N4O3/c1-14(2,3)16-13(19)18-7-9(8-18)12-15-11(17-21-12)10-5-4-6-20-10/h4-6,9H,7-8H2,1-3H3,(H,16,19). The molecule has 0 bridgehead atoms. The predicted molar refractivity (Wildman–Crippen MR) is 74.6 cm³/mol. The third kappa shape index (κ3) is 2.91. The molecular formula is C14H18N4O3. The molecule has 2 aromatic rings. The van der Waals surface area contributed by atoms with Crippen molar-refractivity contribution < 1.29 is 13.7 Å². The van der Waals surface area contributed by atoms with Gasteiger partial charge in [0.15, 0.2) is 5.76 Å². The number of urea groups is 1. The van der Waals surface area contributed by atoms with Gasteiger partial charge in [0.2, 0.25) is 11.7 Å². The van der Waals surface area contributed by atoms with Crippen molar-refractivity contribution >= 4 is 6.03 Å². The molecule has 7 heteroatoms. The minimum Gasteiger partial charge on any atom is -0.461 e. The summed E-state index contributed by atoms with van der Waals surface area (Å²) in [5, 5.41) is 6.82.